The van der Waals surface area contributed by atoms with E-state index in [4.69, 9.17) is 0 Å². The van der Waals surface area contributed by atoms with E-state index in [9.17, 15) is 13.2 Å². The van der Waals surface area contributed by atoms with Gasteiger partial charge in [-0.05, 0) is 19.0 Å². The van der Waals surface area contributed by atoms with Gasteiger partial charge < -0.3 is 9.80 Å². The van der Waals surface area contributed by atoms with Gasteiger partial charge >= 0.3 is 0 Å². The molecule has 0 spiro atoms. The van der Waals surface area contributed by atoms with E-state index in [-0.39, 0.29) is 23.5 Å². The number of nitrogens with zero attached hydrogens (tertiary/aromatic N) is 2. The molecule has 1 fully saturated rings. The first-order valence-corrected chi connectivity index (χ1v) is 9.38. The van der Waals surface area contributed by atoms with Gasteiger partial charge in [-0.1, -0.05) is 30.3 Å². The first-order valence-electron chi connectivity index (χ1n) is 7.56. The van der Waals surface area contributed by atoms with Gasteiger partial charge in [0.05, 0.1) is 11.5 Å². The lowest BCUT2D eigenvalue weighted by Gasteiger charge is -2.25. The molecule has 6 heteroatoms. The average molecular weight is 324 g/mol. The number of benzene rings is 1. The molecule has 1 aromatic carbocycles. The highest BCUT2D eigenvalue weighted by Crippen LogP contribution is 2.17. The van der Waals surface area contributed by atoms with Crippen LogP contribution >= 0.6 is 0 Å². The molecule has 0 saturated carbocycles. The largest absolute Gasteiger partial charge is 0.342 e. The summed E-state index contributed by atoms with van der Waals surface area (Å²) in [7, 11) is 0.749. The number of hydrogen-bond acceptors (Lipinski definition) is 4. The molecule has 1 aromatic rings. The zero-order valence-corrected chi connectivity index (χ0v) is 14.1. The van der Waals surface area contributed by atoms with Crippen LogP contribution in [0.25, 0.3) is 0 Å². The van der Waals surface area contributed by atoms with E-state index >= 15 is 0 Å². The van der Waals surface area contributed by atoms with Gasteiger partial charge in [-0.3, -0.25) is 4.79 Å². The highest BCUT2D eigenvalue weighted by molar-refractivity contribution is 7.91. The zero-order valence-electron chi connectivity index (χ0n) is 13.2. The number of hydrogen-bond donors (Lipinski definition) is 0. The number of carbonyl (C=O) groups excluding carboxylic acids is 1. The minimum Gasteiger partial charge on any atom is -0.342 e. The highest BCUT2D eigenvalue weighted by atomic mass is 32.2. The summed E-state index contributed by atoms with van der Waals surface area (Å²) in [4.78, 5) is 15.9. The predicted molar refractivity (Wildman–Crippen MR) is 87.2 cm³/mol. The first kappa shape index (κ1) is 17.0. The van der Waals surface area contributed by atoms with Crippen LogP contribution in [0.3, 0.4) is 0 Å². The van der Waals surface area contributed by atoms with E-state index in [1.165, 1.54) is 5.56 Å². The van der Waals surface area contributed by atoms with Gasteiger partial charge in [-0.15, -0.1) is 0 Å². The Balaban J connectivity index is 1.77. The van der Waals surface area contributed by atoms with Crippen LogP contribution in [-0.4, -0.2) is 62.3 Å². The van der Waals surface area contributed by atoms with Crippen LogP contribution in [0.4, 0.5) is 0 Å². The van der Waals surface area contributed by atoms with Crippen molar-refractivity contribution in [2.24, 2.45) is 0 Å². The maximum Gasteiger partial charge on any atom is 0.223 e. The van der Waals surface area contributed by atoms with Gasteiger partial charge in [0.2, 0.25) is 5.91 Å². The summed E-state index contributed by atoms with van der Waals surface area (Å²) in [6.45, 7) is 1.47. The lowest BCUT2D eigenvalue weighted by atomic mass is 10.2. The van der Waals surface area contributed by atoms with Crippen molar-refractivity contribution in [3.63, 3.8) is 0 Å². The summed E-state index contributed by atoms with van der Waals surface area (Å²) in [5, 5.41) is 0. The first-order chi connectivity index (χ1) is 10.4. The van der Waals surface area contributed by atoms with E-state index in [1.807, 2.05) is 25.2 Å². The Morgan fingerprint density at radius 3 is 2.50 bits per heavy atom. The van der Waals surface area contributed by atoms with E-state index in [0.29, 0.717) is 19.4 Å². The van der Waals surface area contributed by atoms with Crippen LogP contribution in [0.2, 0.25) is 0 Å². The van der Waals surface area contributed by atoms with Crippen molar-refractivity contribution in [3.8, 4) is 0 Å². The van der Waals surface area contributed by atoms with Crippen molar-refractivity contribution < 1.29 is 13.2 Å². The molecule has 122 valence electrons. The quantitative estimate of drug-likeness (QED) is 0.788. The Hall–Kier alpha value is -1.40. The molecule has 1 amide bonds. The maximum absolute atomic E-state index is 12.2. The molecule has 1 atom stereocenters. The van der Waals surface area contributed by atoms with E-state index in [1.54, 1.807) is 11.9 Å². The van der Waals surface area contributed by atoms with Gasteiger partial charge in [0, 0.05) is 32.6 Å². The molecule has 1 unspecified atom stereocenters. The molecule has 0 aromatic heterocycles. The van der Waals surface area contributed by atoms with Gasteiger partial charge in [0.25, 0.3) is 0 Å². The fourth-order valence-corrected chi connectivity index (χ4v) is 4.50. The van der Waals surface area contributed by atoms with Gasteiger partial charge in [-0.2, -0.15) is 0 Å². The molecule has 1 saturated heterocycles. The second kappa shape index (κ2) is 7.24. The Morgan fingerprint density at radius 1 is 1.23 bits per heavy atom. The number of carbonyl (C=O) groups is 1. The summed E-state index contributed by atoms with van der Waals surface area (Å²) < 4.78 is 23.0. The van der Waals surface area contributed by atoms with E-state index in [0.717, 1.165) is 6.54 Å². The summed E-state index contributed by atoms with van der Waals surface area (Å²) in [6, 6.07) is 9.96. The second-order valence-electron chi connectivity index (χ2n) is 6.03. The fraction of sp³-hybridized carbons (Fsp3) is 0.562. The van der Waals surface area contributed by atoms with Crippen molar-refractivity contribution in [1.82, 2.24) is 9.80 Å². The maximum atomic E-state index is 12.2. The number of rotatable bonds is 6. The average Bonchev–Trinajstić information content (AvgIpc) is 2.85. The highest BCUT2D eigenvalue weighted by Gasteiger charge is 2.32. The molecule has 0 radical (unpaired) electrons. The number of sulfone groups is 1. The summed E-state index contributed by atoms with van der Waals surface area (Å²) in [5.74, 6) is 0.320. The van der Waals surface area contributed by atoms with Gasteiger partial charge in [-0.25, -0.2) is 8.42 Å². The van der Waals surface area contributed by atoms with Gasteiger partial charge in [0.15, 0.2) is 9.84 Å². The van der Waals surface area contributed by atoms with Crippen LogP contribution in [-0.2, 0) is 21.2 Å². The van der Waals surface area contributed by atoms with Crippen LogP contribution < -0.4 is 0 Å². The van der Waals surface area contributed by atoms with Crippen molar-refractivity contribution >= 4 is 15.7 Å². The SMILES string of the molecule is CN(CCC(=O)N(C)C1CCS(=O)(=O)C1)Cc1ccccc1. The Morgan fingerprint density at radius 2 is 1.91 bits per heavy atom. The lowest BCUT2D eigenvalue weighted by Crippen LogP contribution is -2.39. The van der Waals surface area contributed by atoms with Crippen LogP contribution in [0, 0.1) is 0 Å². The van der Waals surface area contributed by atoms with Crippen LogP contribution in [0.5, 0.6) is 0 Å². The minimum atomic E-state index is -2.95. The molecule has 2 rings (SSSR count). The normalized spacial score (nSPS) is 20.2. The minimum absolute atomic E-state index is 0.0158. The van der Waals surface area contributed by atoms with Crippen molar-refractivity contribution in [3.05, 3.63) is 35.9 Å². The molecule has 1 aliphatic heterocycles. The van der Waals surface area contributed by atoms with Crippen LogP contribution in [0.15, 0.2) is 30.3 Å². The second-order valence-corrected chi connectivity index (χ2v) is 8.26. The van der Waals surface area contributed by atoms with E-state index < -0.39 is 9.84 Å². The Bertz CT molecular complexity index is 601. The molecule has 0 aliphatic carbocycles. The van der Waals surface area contributed by atoms with Crippen molar-refractivity contribution in [1.29, 1.82) is 0 Å². The third-order valence-corrected chi connectivity index (χ3v) is 5.90. The molecule has 1 aliphatic rings. The fourth-order valence-electron chi connectivity index (χ4n) is 2.72. The molecule has 22 heavy (non-hydrogen) atoms. The summed E-state index contributed by atoms with van der Waals surface area (Å²) in [6.07, 6.45) is 0.973. The molecular weight excluding hydrogens is 300 g/mol. The monoisotopic (exact) mass is 324 g/mol. The topological polar surface area (TPSA) is 57.7 Å². The molecule has 5 nitrogen and oxygen atoms in total. The van der Waals surface area contributed by atoms with Crippen LogP contribution in [0.1, 0.15) is 18.4 Å². The Labute approximate surface area is 132 Å². The summed E-state index contributed by atoms with van der Waals surface area (Å²) >= 11 is 0. The van der Waals surface area contributed by atoms with Crippen molar-refractivity contribution in [2.45, 2.75) is 25.4 Å². The molecule has 0 bridgehead atoms. The molecule has 1 heterocycles. The predicted octanol–water partition coefficient (Wildman–Crippen LogP) is 1.15. The third kappa shape index (κ3) is 4.81. The Kier molecular flexibility index (Phi) is 5.58. The third-order valence-electron chi connectivity index (χ3n) is 4.15. The number of amides is 1. The summed E-state index contributed by atoms with van der Waals surface area (Å²) in [5.41, 5.74) is 1.22. The lowest BCUT2D eigenvalue weighted by molar-refractivity contribution is -0.131. The zero-order chi connectivity index (χ0) is 16.2. The molecular formula is C16H24N2O3S. The smallest absolute Gasteiger partial charge is 0.223 e. The van der Waals surface area contributed by atoms with Crippen molar-refractivity contribution in [2.75, 3.05) is 32.1 Å². The molecule has 0 N–H and O–H groups in total. The van der Waals surface area contributed by atoms with E-state index in [2.05, 4.69) is 17.0 Å². The standard InChI is InChI=1S/C16H24N2O3S/c1-17(12-14-6-4-3-5-7-14)10-8-16(19)18(2)15-9-11-22(20,21)13-15/h3-7,15H,8-13H2,1-2H3. The van der Waals surface area contributed by atoms with Gasteiger partial charge in [0.1, 0.15) is 0 Å².